The van der Waals surface area contributed by atoms with Crippen LogP contribution in [-0.4, -0.2) is 11.9 Å². The Balaban J connectivity index is 2.23. The molecular formula is C7H10NP. The van der Waals surface area contributed by atoms with E-state index >= 15 is 0 Å². The summed E-state index contributed by atoms with van der Waals surface area (Å²) in [5.74, 6) is 0. The molecule has 0 aromatic heterocycles. The lowest BCUT2D eigenvalue weighted by atomic mass is 10.1. The molecule has 1 fully saturated rings. The monoisotopic (exact) mass is 139 g/mol. The van der Waals surface area contributed by atoms with Gasteiger partial charge in [0, 0.05) is 17.6 Å². The zero-order valence-corrected chi connectivity index (χ0v) is 6.22. The minimum atomic E-state index is 0.856. The van der Waals surface area contributed by atoms with E-state index in [1.165, 1.54) is 18.4 Å². The normalized spacial score (nSPS) is 33.8. The third-order valence-electron chi connectivity index (χ3n) is 1.80. The Morgan fingerprint density at radius 3 is 3.56 bits per heavy atom. The van der Waals surface area contributed by atoms with Crippen LogP contribution in [0.4, 0.5) is 0 Å². The van der Waals surface area contributed by atoms with Crippen molar-refractivity contribution < 1.29 is 0 Å². The Kier molecular flexibility index (Phi) is 1.31. The van der Waals surface area contributed by atoms with Crippen LogP contribution in [0.3, 0.4) is 0 Å². The Bertz CT molecular complexity index is 172. The van der Waals surface area contributed by atoms with Crippen molar-refractivity contribution in [3.05, 3.63) is 23.9 Å². The second kappa shape index (κ2) is 2.15. The highest BCUT2D eigenvalue weighted by Gasteiger charge is 2.19. The second-order valence-electron chi connectivity index (χ2n) is 2.40. The standard InChI is InChI=1S/C7H10NP/c1-2-4-7-6(3-1)8-5-9-7/h1-3,7-9H,4-5H2. The Morgan fingerprint density at radius 2 is 2.67 bits per heavy atom. The highest BCUT2D eigenvalue weighted by molar-refractivity contribution is 7.39. The fraction of sp³-hybridized carbons (Fsp3) is 0.429. The van der Waals surface area contributed by atoms with Crippen LogP contribution in [0.1, 0.15) is 6.42 Å². The average molecular weight is 139 g/mol. The van der Waals surface area contributed by atoms with Crippen molar-refractivity contribution in [3.8, 4) is 0 Å². The van der Waals surface area contributed by atoms with E-state index in [1.54, 1.807) is 0 Å². The van der Waals surface area contributed by atoms with E-state index in [-0.39, 0.29) is 0 Å². The zero-order valence-electron chi connectivity index (χ0n) is 5.22. The zero-order chi connectivity index (χ0) is 6.10. The van der Waals surface area contributed by atoms with E-state index in [9.17, 15) is 0 Å². The summed E-state index contributed by atoms with van der Waals surface area (Å²) in [4.78, 5) is 0. The Labute approximate surface area is 57.0 Å². The van der Waals surface area contributed by atoms with Crippen LogP contribution in [0.5, 0.6) is 0 Å². The predicted molar refractivity (Wildman–Crippen MR) is 41.9 cm³/mol. The first-order valence-corrected chi connectivity index (χ1v) is 4.59. The molecule has 2 rings (SSSR count). The van der Waals surface area contributed by atoms with E-state index in [1.807, 2.05) is 0 Å². The van der Waals surface area contributed by atoms with E-state index < -0.39 is 0 Å². The number of hydrogen-bond acceptors (Lipinski definition) is 1. The SMILES string of the molecule is C1=CCC2PCNC2=C1. The highest BCUT2D eigenvalue weighted by Crippen LogP contribution is 2.34. The second-order valence-corrected chi connectivity index (χ2v) is 3.85. The van der Waals surface area contributed by atoms with Gasteiger partial charge in [0.1, 0.15) is 0 Å². The number of allylic oxidation sites excluding steroid dienone is 4. The maximum atomic E-state index is 3.38. The van der Waals surface area contributed by atoms with E-state index in [0.29, 0.717) is 0 Å². The molecule has 0 aromatic rings. The maximum Gasteiger partial charge on any atom is 0.0322 e. The van der Waals surface area contributed by atoms with Crippen LogP contribution in [0.15, 0.2) is 23.9 Å². The lowest BCUT2D eigenvalue weighted by Crippen LogP contribution is -2.11. The molecule has 1 heterocycles. The molecule has 0 radical (unpaired) electrons. The molecule has 0 amide bonds. The van der Waals surface area contributed by atoms with Gasteiger partial charge >= 0.3 is 0 Å². The molecule has 9 heavy (non-hydrogen) atoms. The summed E-state index contributed by atoms with van der Waals surface area (Å²) >= 11 is 0. The fourth-order valence-electron chi connectivity index (χ4n) is 1.28. The van der Waals surface area contributed by atoms with Gasteiger partial charge in [-0.1, -0.05) is 20.7 Å². The fourth-order valence-corrected chi connectivity index (χ4v) is 2.55. The molecule has 2 aliphatic rings. The molecule has 0 bridgehead atoms. The molecule has 1 aliphatic heterocycles. The van der Waals surface area contributed by atoms with Gasteiger partial charge in [-0.3, -0.25) is 0 Å². The molecule has 1 aliphatic carbocycles. The summed E-state index contributed by atoms with van der Waals surface area (Å²) in [6.07, 6.45) is 9.08. The van der Waals surface area contributed by atoms with Crippen LogP contribution in [-0.2, 0) is 0 Å². The molecular weight excluding hydrogens is 129 g/mol. The summed E-state index contributed by atoms with van der Waals surface area (Å²) in [5.41, 5.74) is 2.32. The highest BCUT2D eigenvalue weighted by atomic mass is 31.1. The molecule has 1 N–H and O–H groups in total. The van der Waals surface area contributed by atoms with Gasteiger partial charge in [-0.2, -0.15) is 0 Å². The molecule has 0 spiro atoms. The van der Waals surface area contributed by atoms with Gasteiger partial charge in [-0.15, -0.1) is 0 Å². The molecule has 0 aromatic carbocycles. The first-order chi connectivity index (χ1) is 4.47. The smallest absolute Gasteiger partial charge is 0.0322 e. The molecule has 1 nitrogen and oxygen atoms in total. The third kappa shape index (κ3) is 0.900. The number of rotatable bonds is 0. The van der Waals surface area contributed by atoms with Gasteiger partial charge in [0.15, 0.2) is 0 Å². The quantitative estimate of drug-likeness (QED) is 0.501. The van der Waals surface area contributed by atoms with Gasteiger partial charge in [0.25, 0.3) is 0 Å². The van der Waals surface area contributed by atoms with Crippen molar-refractivity contribution in [2.75, 3.05) is 6.29 Å². The molecule has 0 saturated carbocycles. The third-order valence-corrected chi connectivity index (χ3v) is 3.22. The number of fused-ring (bicyclic) bond motifs is 1. The van der Waals surface area contributed by atoms with Crippen molar-refractivity contribution in [2.45, 2.75) is 12.1 Å². The van der Waals surface area contributed by atoms with Crippen LogP contribution in [0, 0.1) is 0 Å². The van der Waals surface area contributed by atoms with Crippen LogP contribution in [0.25, 0.3) is 0 Å². The number of nitrogens with one attached hydrogen (secondary N) is 1. The molecule has 2 heteroatoms. The van der Waals surface area contributed by atoms with Gasteiger partial charge in [-0.05, 0) is 12.5 Å². The first kappa shape index (κ1) is 5.49. The summed E-state index contributed by atoms with van der Waals surface area (Å²) in [6.45, 7) is 0. The molecule has 2 atom stereocenters. The largest absolute Gasteiger partial charge is 0.384 e. The first-order valence-electron chi connectivity index (χ1n) is 3.31. The average Bonchev–Trinajstić information content (AvgIpc) is 2.33. The van der Waals surface area contributed by atoms with Crippen molar-refractivity contribution in [2.24, 2.45) is 0 Å². The van der Waals surface area contributed by atoms with E-state index in [0.717, 1.165) is 14.2 Å². The minimum absolute atomic E-state index is 0.856. The topological polar surface area (TPSA) is 12.0 Å². The van der Waals surface area contributed by atoms with Crippen molar-refractivity contribution in [1.29, 1.82) is 0 Å². The minimum Gasteiger partial charge on any atom is -0.384 e. The Hall–Kier alpha value is -0.290. The van der Waals surface area contributed by atoms with Gasteiger partial charge < -0.3 is 5.32 Å². The van der Waals surface area contributed by atoms with E-state index in [4.69, 9.17) is 0 Å². The van der Waals surface area contributed by atoms with Crippen LogP contribution >= 0.6 is 8.58 Å². The van der Waals surface area contributed by atoms with Crippen molar-refractivity contribution in [3.63, 3.8) is 0 Å². The molecule has 48 valence electrons. The summed E-state index contributed by atoms with van der Waals surface area (Å²) < 4.78 is 0. The lowest BCUT2D eigenvalue weighted by molar-refractivity contribution is 0.887. The molecule has 2 unspecified atom stereocenters. The van der Waals surface area contributed by atoms with Crippen LogP contribution < -0.4 is 5.32 Å². The van der Waals surface area contributed by atoms with Gasteiger partial charge in [0.05, 0.1) is 0 Å². The summed E-state index contributed by atoms with van der Waals surface area (Å²) in [7, 11) is 1.11. The lowest BCUT2D eigenvalue weighted by Gasteiger charge is -2.10. The van der Waals surface area contributed by atoms with Crippen LogP contribution in [0.2, 0.25) is 0 Å². The van der Waals surface area contributed by atoms with Gasteiger partial charge in [0.2, 0.25) is 0 Å². The molecule has 1 saturated heterocycles. The maximum absolute atomic E-state index is 3.38. The van der Waals surface area contributed by atoms with Gasteiger partial charge in [-0.25, -0.2) is 0 Å². The van der Waals surface area contributed by atoms with E-state index in [2.05, 4.69) is 23.5 Å². The van der Waals surface area contributed by atoms with Crippen molar-refractivity contribution in [1.82, 2.24) is 5.32 Å². The van der Waals surface area contributed by atoms with Crippen molar-refractivity contribution >= 4 is 8.58 Å². The number of hydrogen-bond donors (Lipinski definition) is 1. The Morgan fingerprint density at radius 1 is 1.67 bits per heavy atom. The predicted octanol–water partition coefficient (Wildman–Crippen LogP) is 1.44. The summed E-state index contributed by atoms with van der Waals surface area (Å²) in [5, 5.41) is 3.38. The summed E-state index contributed by atoms with van der Waals surface area (Å²) in [6, 6.07) is 0.